The van der Waals surface area contributed by atoms with Crippen LogP contribution in [0, 0.1) is 5.82 Å². The van der Waals surface area contributed by atoms with Crippen LogP contribution < -0.4 is 11.1 Å². The predicted molar refractivity (Wildman–Crippen MR) is 70.6 cm³/mol. The van der Waals surface area contributed by atoms with Crippen molar-refractivity contribution in [3.63, 3.8) is 0 Å². The monoisotopic (exact) mass is 245 g/mol. The summed E-state index contributed by atoms with van der Waals surface area (Å²) in [5, 5.41) is 5.17. The normalized spacial score (nSPS) is 15.8. The zero-order valence-corrected chi connectivity index (χ0v) is 10.1. The molecule has 0 amide bonds. The Labute approximate surface area is 105 Å². The van der Waals surface area contributed by atoms with E-state index in [2.05, 4.69) is 10.3 Å². The summed E-state index contributed by atoms with van der Waals surface area (Å²) in [5.74, 6) is 0.248. The van der Waals surface area contributed by atoms with Crippen LogP contribution in [0.1, 0.15) is 24.8 Å². The molecule has 3 N–H and O–H groups in total. The first kappa shape index (κ1) is 11.4. The molecule has 1 fully saturated rings. The van der Waals surface area contributed by atoms with Crippen LogP contribution in [0.5, 0.6) is 0 Å². The van der Waals surface area contributed by atoms with Gasteiger partial charge in [-0.1, -0.05) is 6.42 Å². The van der Waals surface area contributed by atoms with Crippen molar-refractivity contribution in [2.24, 2.45) is 0 Å². The molecule has 1 heterocycles. The number of fused-ring (bicyclic) bond motifs is 1. The number of pyridine rings is 1. The Bertz CT molecular complexity index is 573. The maximum Gasteiger partial charge on any atom is 0.128 e. The number of halogens is 1. The van der Waals surface area contributed by atoms with Crippen molar-refractivity contribution in [1.29, 1.82) is 0 Å². The molecule has 0 atom stereocenters. The molecule has 4 heteroatoms. The van der Waals surface area contributed by atoms with Gasteiger partial charge in [0.05, 0.1) is 0 Å². The van der Waals surface area contributed by atoms with Gasteiger partial charge in [0, 0.05) is 29.7 Å². The third-order valence-corrected chi connectivity index (χ3v) is 3.65. The standard InChI is InChI=1S/C14H16FN3/c15-13-5-4-9-7-18-14(16)6-11(9)12(13)8-17-10-2-1-3-10/h4-7,10,17H,1-3,8H2,(H2,16,18). The Hall–Kier alpha value is -1.68. The third-order valence-electron chi connectivity index (χ3n) is 3.65. The summed E-state index contributed by atoms with van der Waals surface area (Å²) in [5.41, 5.74) is 6.37. The highest BCUT2D eigenvalue weighted by molar-refractivity contribution is 5.87. The van der Waals surface area contributed by atoms with Crippen LogP contribution in [0.4, 0.5) is 10.2 Å². The Balaban J connectivity index is 1.96. The molecule has 0 radical (unpaired) electrons. The Morgan fingerprint density at radius 3 is 2.94 bits per heavy atom. The highest BCUT2D eigenvalue weighted by Gasteiger charge is 2.17. The molecule has 1 aromatic heterocycles. The van der Waals surface area contributed by atoms with Crippen LogP contribution >= 0.6 is 0 Å². The lowest BCUT2D eigenvalue weighted by Gasteiger charge is -2.26. The van der Waals surface area contributed by atoms with E-state index in [4.69, 9.17) is 5.73 Å². The van der Waals surface area contributed by atoms with E-state index >= 15 is 0 Å². The molecule has 18 heavy (non-hydrogen) atoms. The molecule has 1 saturated carbocycles. The van der Waals surface area contributed by atoms with Gasteiger partial charge in [-0.15, -0.1) is 0 Å². The smallest absolute Gasteiger partial charge is 0.128 e. The molecule has 3 nitrogen and oxygen atoms in total. The number of nitrogens with one attached hydrogen (secondary N) is 1. The number of aromatic nitrogens is 1. The number of benzene rings is 1. The number of hydrogen-bond acceptors (Lipinski definition) is 3. The predicted octanol–water partition coefficient (Wildman–Crippen LogP) is 2.60. The summed E-state index contributed by atoms with van der Waals surface area (Å²) in [7, 11) is 0. The van der Waals surface area contributed by atoms with Crippen molar-refractivity contribution in [3.05, 3.63) is 35.8 Å². The Morgan fingerprint density at radius 1 is 1.39 bits per heavy atom. The van der Waals surface area contributed by atoms with E-state index in [1.165, 1.54) is 25.3 Å². The minimum absolute atomic E-state index is 0.181. The Kier molecular flexibility index (Phi) is 2.88. The van der Waals surface area contributed by atoms with Crippen LogP contribution in [0.3, 0.4) is 0 Å². The minimum Gasteiger partial charge on any atom is -0.384 e. The molecule has 0 saturated heterocycles. The maximum absolute atomic E-state index is 13.9. The molecule has 1 aromatic carbocycles. The summed E-state index contributed by atoms with van der Waals surface area (Å²) in [6.07, 6.45) is 5.34. The van der Waals surface area contributed by atoms with Crippen LogP contribution in [-0.4, -0.2) is 11.0 Å². The van der Waals surface area contributed by atoms with Crippen molar-refractivity contribution < 1.29 is 4.39 Å². The zero-order chi connectivity index (χ0) is 12.5. The first-order valence-corrected chi connectivity index (χ1v) is 6.30. The molecule has 1 aliphatic carbocycles. The van der Waals surface area contributed by atoms with Gasteiger partial charge in [0.1, 0.15) is 11.6 Å². The Morgan fingerprint density at radius 2 is 2.22 bits per heavy atom. The highest BCUT2D eigenvalue weighted by atomic mass is 19.1. The van der Waals surface area contributed by atoms with Gasteiger partial charge < -0.3 is 11.1 Å². The lowest BCUT2D eigenvalue weighted by atomic mass is 9.93. The molecule has 0 bridgehead atoms. The van der Waals surface area contributed by atoms with E-state index in [9.17, 15) is 4.39 Å². The van der Waals surface area contributed by atoms with Crippen LogP contribution in [0.25, 0.3) is 10.8 Å². The molecule has 2 aromatic rings. The second kappa shape index (κ2) is 4.53. The molecule has 0 spiro atoms. The van der Waals surface area contributed by atoms with E-state index in [0.717, 1.165) is 10.8 Å². The number of nitrogens with two attached hydrogens (primary N) is 1. The molecule has 1 aliphatic rings. The summed E-state index contributed by atoms with van der Waals surface area (Å²) in [6, 6.07) is 5.52. The second-order valence-corrected chi connectivity index (χ2v) is 4.86. The van der Waals surface area contributed by atoms with Gasteiger partial charge in [0.25, 0.3) is 0 Å². The summed E-state index contributed by atoms with van der Waals surface area (Å²) in [6.45, 7) is 0.553. The number of nitrogen functional groups attached to an aromatic ring is 1. The lowest BCUT2D eigenvalue weighted by Crippen LogP contribution is -2.34. The zero-order valence-electron chi connectivity index (χ0n) is 10.1. The van der Waals surface area contributed by atoms with Gasteiger partial charge in [-0.25, -0.2) is 9.37 Å². The molecule has 0 unspecified atom stereocenters. The van der Waals surface area contributed by atoms with Crippen LogP contribution in [-0.2, 0) is 6.54 Å². The number of anilines is 1. The minimum atomic E-state index is -0.181. The number of rotatable bonds is 3. The SMILES string of the molecule is Nc1cc2c(CNC3CCC3)c(F)ccc2cn1. The fraction of sp³-hybridized carbons (Fsp3) is 0.357. The first-order valence-electron chi connectivity index (χ1n) is 6.30. The summed E-state index contributed by atoms with van der Waals surface area (Å²) >= 11 is 0. The van der Waals surface area contributed by atoms with E-state index in [1.54, 1.807) is 18.3 Å². The fourth-order valence-corrected chi connectivity index (χ4v) is 2.31. The molecular weight excluding hydrogens is 229 g/mol. The average Bonchev–Trinajstić information content (AvgIpc) is 2.30. The first-order chi connectivity index (χ1) is 8.74. The van der Waals surface area contributed by atoms with Gasteiger partial charge >= 0.3 is 0 Å². The lowest BCUT2D eigenvalue weighted by molar-refractivity contribution is 0.337. The largest absolute Gasteiger partial charge is 0.384 e. The van der Waals surface area contributed by atoms with Gasteiger partial charge in [0.2, 0.25) is 0 Å². The molecule has 94 valence electrons. The molecular formula is C14H16FN3. The number of nitrogens with zero attached hydrogens (tertiary/aromatic N) is 1. The highest BCUT2D eigenvalue weighted by Crippen LogP contribution is 2.24. The van der Waals surface area contributed by atoms with Crippen molar-refractivity contribution >= 4 is 16.6 Å². The summed E-state index contributed by atoms with van der Waals surface area (Å²) < 4.78 is 13.9. The van der Waals surface area contributed by atoms with E-state index < -0.39 is 0 Å². The van der Waals surface area contributed by atoms with Crippen molar-refractivity contribution in [2.75, 3.05) is 5.73 Å². The van der Waals surface area contributed by atoms with E-state index in [-0.39, 0.29) is 5.82 Å². The van der Waals surface area contributed by atoms with Crippen LogP contribution in [0.15, 0.2) is 24.4 Å². The fourth-order valence-electron chi connectivity index (χ4n) is 2.31. The van der Waals surface area contributed by atoms with Gasteiger partial charge in [0.15, 0.2) is 0 Å². The molecule has 0 aliphatic heterocycles. The van der Waals surface area contributed by atoms with Gasteiger partial charge in [-0.2, -0.15) is 0 Å². The topological polar surface area (TPSA) is 50.9 Å². The van der Waals surface area contributed by atoms with Crippen LogP contribution in [0.2, 0.25) is 0 Å². The third kappa shape index (κ3) is 2.04. The van der Waals surface area contributed by atoms with Gasteiger partial charge in [-0.3, -0.25) is 0 Å². The van der Waals surface area contributed by atoms with Crippen molar-refractivity contribution in [2.45, 2.75) is 31.8 Å². The van der Waals surface area contributed by atoms with Crippen molar-refractivity contribution in [3.8, 4) is 0 Å². The maximum atomic E-state index is 13.9. The quantitative estimate of drug-likeness (QED) is 0.874. The summed E-state index contributed by atoms with van der Waals surface area (Å²) in [4.78, 5) is 4.04. The molecule has 3 rings (SSSR count). The van der Waals surface area contributed by atoms with E-state index in [0.29, 0.717) is 24.0 Å². The number of hydrogen-bond donors (Lipinski definition) is 2. The van der Waals surface area contributed by atoms with E-state index in [1.807, 2.05) is 0 Å². The average molecular weight is 245 g/mol. The second-order valence-electron chi connectivity index (χ2n) is 4.86. The van der Waals surface area contributed by atoms with Gasteiger partial charge in [-0.05, 0) is 36.4 Å². The van der Waals surface area contributed by atoms with Crippen molar-refractivity contribution in [1.82, 2.24) is 10.3 Å².